The quantitative estimate of drug-likeness (QED) is 0.829. The SMILES string of the molecule is CN[C@H]1CCN(c2c(F)cc3c(=O)c(C(=O)O)c4n(c3c2Cl)C(C)S4)C1. The van der Waals surface area contributed by atoms with Gasteiger partial charge in [-0.05, 0) is 26.5 Å². The van der Waals surface area contributed by atoms with Crippen molar-refractivity contribution in [3.8, 4) is 0 Å². The van der Waals surface area contributed by atoms with Crippen LogP contribution in [0.3, 0.4) is 0 Å². The number of likely N-dealkylation sites (N-methyl/N-ethyl adjacent to an activating group) is 1. The van der Waals surface area contributed by atoms with Crippen LogP contribution in [0.5, 0.6) is 0 Å². The Kier molecular flexibility index (Phi) is 4.17. The molecule has 1 aromatic carbocycles. The van der Waals surface area contributed by atoms with Gasteiger partial charge in [0.05, 0.1) is 32.0 Å². The number of pyridine rings is 1. The molecule has 2 aliphatic rings. The second-order valence-corrected chi connectivity index (χ2v) is 8.22. The van der Waals surface area contributed by atoms with E-state index in [4.69, 9.17) is 11.6 Å². The number of fused-ring (bicyclic) bond motifs is 3. The first-order chi connectivity index (χ1) is 12.3. The van der Waals surface area contributed by atoms with Crippen LogP contribution < -0.4 is 15.6 Å². The molecule has 138 valence electrons. The summed E-state index contributed by atoms with van der Waals surface area (Å²) in [5, 5.41) is 13.0. The van der Waals surface area contributed by atoms with E-state index in [0.29, 0.717) is 23.6 Å². The van der Waals surface area contributed by atoms with Crippen LogP contribution in [0.25, 0.3) is 10.9 Å². The maximum Gasteiger partial charge on any atom is 0.342 e. The van der Waals surface area contributed by atoms with Gasteiger partial charge in [0, 0.05) is 19.1 Å². The molecule has 1 fully saturated rings. The number of aromatic nitrogens is 1. The monoisotopic (exact) mass is 397 g/mol. The van der Waals surface area contributed by atoms with Crippen LogP contribution >= 0.6 is 23.4 Å². The highest BCUT2D eigenvalue weighted by Gasteiger charge is 2.35. The molecule has 26 heavy (non-hydrogen) atoms. The highest BCUT2D eigenvalue weighted by Crippen LogP contribution is 2.49. The highest BCUT2D eigenvalue weighted by atomic mass is 35.5. The third kappa shape index (κ3) is 2.35. The molecule has 0 aliphatic carbocycles. The number of benzene rings is 1. The second kappa shape index (κ2) is 6.14. The molecule has 3 heterocycles. The smallest absolute Gasteiger partial charge is 0.342 e. The fourth-order valence-electron chi connectivity index (χ4n) is 3.77. The summed E-state index contributed by atoms with van der Waals surface area (Å²) in [5.74, 6) is -1.91. The van der Waals surface area contributed by atoms with Crippen molar-refractivity contribution in [2.45, 2.75) is 29.8 Å². The van der Waals surface area contributed by atoms with E-state index in [1.807, 2.05) is 18.9 Å². The number of aromatic carboxylic acids is 1. The lowest BCUT2D eigenvalue weighted by molar-refractivity contribution is 0.0689. The van der Waals surface area contributed by atoms with Crippen molar-refractivity contribution in [3.05, 3.63) is 32.7 Å². The zero-order valence-electron chi connectivity index (χ0n) is 14.2. The minimum absolute atomic E-state index is 0.00825. The summed E-state index contributed by atoms with van der Waals surface area (Å²) >= 11 is 7.88. The zero-order valence-corrected chi connectivity index (χ0v) is 15.7. The number of carboxylic acids is 1. The van der Waals surface area contributed by atoms with Gasteiger partial charge in [-0.3, -0.25) is 4.79 Å². The Balaban J connectivity index is 2.01. The van der Waals surface area contributed by atoms with Gasteiger partial charge in [-0.15, -0.1) is 0 Å². The number of hydrogen-bond donors (Lipinski definition) is 2. The average Bonchev–Trinajstić information content (AvgIpc) is 3.04. The van der Waals surface area contributed by atoms with Crippen molar-refractivity contribution < 1.29 is 14.3 Å². The Labute approximate surface area is 157 Å². The zero-order chi connectivity index (χ0) is 18.7. The van der Waals surface area contributed by atoms with E-state index in [1.165, 1.54) is 11.8 Å². The number of carbonyl (C=O) groups is 1. The predicted molar refractivity (Wildman–Crippen MR) is 100 cm³/mol. The molecule has 2 atom stereocenters. The van der Waals surface area contributed by atoms with E-state index in [-0.39, 0.29) is 33.1 Å². The van der Waals surface area contributed by atoms with Gasteiger partial charge in [-0.1, -0.05) is 23.4 Å². The highest BCUT2D eigenvalue weighted by molar-refractivity contribution is 8.00. The van der Waals surface area contributed by atoms with Gasteiger partial charge < -0.3 is 19.9 Å². The lowest BCUT2D eigenvalue weighted by Crippen LogP contribution is -2.31. The molecule has 1 unspecified atom stereocenters. The number of thioether (sulfide) groups is 1. The molecule has 0 radical (unpaired) electrons. The van der Waals surface area contributed by atoms with Crippen LogP contribution in [0.2, 0.25) is 5.02 Å². The summed E-state index contributed by atoms with van der Waals surface area (Å²) < 4.78 is 16.6. The Morgan fingerprint density at radius 1 is 1.50 bits per heavy atom. The molecule has 2 aliphatic heterocycles. The molecule has 2 aromatic rings. The van der Waals surface area contributed by atoms with E-state index >= 15 is 0 Å². The Morgan fingerprint density at radius 3 is 2.81 bits per heavy atom. The van der Waals surface area contributed by atoms with E-state index in [9.17, 15) is 19.1 Å². The third-order valence-electron chi connectivity index (χ3n) is 5.09. The minimum atomic E-state index is -1.31. The fraction of sp³-hybridized carbons (Fsp3) is 0.412. The average molecular weight is 398 g/mol. The number of carboxylic acid groups (broad SMARTS) is 1. The largest absolute Gasteiger partial charge is 0.477 e. The number of rotatable bonds is 3. The normalized spacial score (nSPS) is 21.8. The molecule has 9 heteroatoms. The van der Waals surface area contributed by atoms with Crippen LogP contribution in [0, 0.1) is 5.82 Å². The van der Waals surface area contributed by atoms with Gasteiger partial charge in [-0.2, -0.15) is 0 Å². The van der Waals surface area contributed by atoms with Gasteiger partial charge in [-0.25, -0.2) is 9.18 Å². The summed E-state index contributed by atoms with van der Waals surface area (Å²) in [6.45, 7) is 3.16. The van der Waals surface area contributed by atoms with Crippen molar-refractivity contribution in [2.24, 2.45) is 0 Å². The summed E-state index contributed by atoms with van der Waals surface area (Å²) in [6, 6.07) is 1.37. The van der Waals surface area contributed by atoms with E-state index in [0.717, 1.165) is 12.5 Å². The van der Waals surface area contributed by atoms with Gasteiger partial charge in [0.2, 0.25) is 5.43 Å². The Bertz CT molecular complexity index is 1010. The van der Waals surface area contributed by atoms with Crippen LogP contribution in [-0.2, 0) is 0 Å². The van der Waals surface area contributed by atoms with Crippen LogP contribution in [-0.4, -0.2) is 41.8 Å². The van der Waals surface area contributed by atoms with Crippen molar-refractivity contribution in [1.29, 1.82) is 0 Å². The number of halogens is 2. The summed E-state index contributed by atoms with van der Waals surface area (Å²) in [5.41, 5.74) is -0.328. The van der Waals surface area contributed by atoms with Crippen LogP contribution in [0.15, 0.2) is 15.9 Å². The Hall–Kier alpha value is -1.77. The van der Waals surface area contributed by atoms with Crippen LogP contribution in [0.4, 0.5) is 10.1 Å². The topological polar surface area (TPSA) is 74.6 Å². The van der Waals surface area contributed by atoms with Crippen molar-refractivity contribution in [2.75, 3.05) is 25.0 Å². The molecule has 6 nitrogen and oxygen atoms in total. The lowest BCUT2D eigenvalue weighted by atomic mass is 10.1. The van der Waals surface area contributed by atoms with Gasteiger partial charge >= 0.3 is 5.97 Å². The first-order valence-corrected chi connectivity index (χ1v) is 9.53. The molecule has 4 rings (SSSR count). The number of nitrogens with zero attached hydrogens (tertiary/aromatic N) is 2. The summed E-state index contributed by atoms with van der Waals surface area (Å²) in [6.07, 6.45) is 0.868. The molecule has 0 amide bonds. The molecule has 0 saturated carbocycles. The van der Waals surface area contributed by atoms with E-state index in [2.05, 4.69) is 5.32 Å². The predicted octanol–water partition coefficient (Wildman–Crippen LogP) is 2.91. The van der Waals surface area contributed by atoms with Gasteiger partial charge in [0.1, 0.15) is 11.4 Å². The second-order valence-electron chi connectivity index (χ2n) is 6.54. The summed E-state index contributed by atoms with van der Waals surface area (Å²) in [4.78, 5) is 26.1. The third-order valence-corrected chi connectivity index (χ3v) is 6.62. The molecule has 1 saturated heterocycles. The lowest BCUT2D eigenvalue weighted by Gasteiger charge is -2.34. The number of nitrogens with one attached hydrogen (secondary N) is 1. The molecule has 0 spiro atoms. The van der Waals surface area contributed by atoms with Crippen molar-refractivity contribution in [1.82, 2.24) is 9.88 Å². The molecular weight excluding hydrogens is 381 g/mol. The Morgan fingerprint density at radius 2 is 2.23 bits per heavy atom. The van der Waals surface area contributed by atoms with Gasteiger partial charge in [0.25, 0.3) is 0 Å². The first kappa shape index (κ1) is 17.6. The molecule has 1 aromatic heterocycles. The fourth-order valence-corrected chi connectivity index (χ4v) is 5.31. The van der Waals surface area contributed by atoms with E-state index < -0.39 is 17.2 Å². The maximum absolute atomic E-state index is 14.9. The van der Waals surface area contributed by atoms with Crippen molar-refractivity contribution >= 4 is 45.9 Å². The van der Waals surface area contributed by atoms with E-state index in [1.54, 1.807) is 4.57 Å². The first-order valence-electron chi connectivity index (χ1n) is 8.27. The molecule has 2 N–H and O–H groups in total. The minimum Gasteiger partial charge on any atom is -0.477 e. The summed E-state index contributed by atoms with van der Waals surface area (Å²) in [7, 11) is 1.86. The van der Waals surface area contributed by atoms with Gasteiger partial charge in [0.15, 0.2) is 0 Å². The number of anilines is 1. The standard InChI is InChI=1S/C17H17ClFN3O3S/c1-7-22-13-9(15(23)11(17(24)25)16(22)26-7)5-10(19)14(12(13)18)21-4-3-8(6-21)20-2/h5,7-8,20H,3-4,6H2,1-2H3,(H,24,25)/t7?,8-/m0/s1. The number of hydrogen-bond acceptors (Lipinski definition) is 5. The molecule has 0 bridgehead atoms. The molecular formula is C17H17ClFN3O3S. The van der Waals surface area contributed by atoms with Crippen molar-refractivity contribution in [3.63, 3.8) is 0 Å². The van der Waals surface area contributed by atoms with Crippen LogP contribution in [0.1, 0.15) is 29.1 Å². The maximum atomic E-state index is 14.9.